The summed E-state index contributed by atoms with van der Waals surface area (Å²) in [4.78, 5) is 32.7. The van der Waals surface area contributed by atoms with Gasteiger partial charge in [0, 0.05) is 44.3 Å². The van der Waals surface area contributed by atoms with Crippen LogP contribution in [0, 0.1) is 0 Å². The summed E-state index contributed by atoms with van der Waals surface area (Å²) in [6.07, 6.45) is 4.27. The fraction of sp³-hybridized carbons (Fsp3) is 0.481. The third kappa shape index (κ3) is 4.81. The molecule has 0 saturated carbocycles. The van der Waals surface area contributed by atoms with E-state index in [1.807, 2.05) is 41.3 Å². The second-order valence-corrected chi connectivity index (χ2v) is 9.43. The molecule has 5 rings (SSSR count). The summed E-state index contributed by atoms with van der Waals surface area (Å²) in [5.41, 5.74) is 4.71. The van der Waals surface area contributed by atoms with Crippen LogP contribution in [-0.4, -0.2) is 67.2 Å². The van der Waals surface area contributed by atoms with E-state index in [4.69, 9.17) is 4.74 Å². The van der Waals surface area contributed by atoms with E-state index in [0.29, 0.717) is 24.8 Å². The van der Waals surface area contributed by atoms with E-state index in [2.05, 4.69) is 21.2 Å². The van der Waals surface area contributed by atoms with Gasteiger partial charge in [0.25, 0.3) is 0 Å². The summed E-state index contributed by atoms with van der Waals surface area (Å²) in [7, 11) is 0. The molecule has 1 N–H and O–H groups in total. The molecule has 0 aromatic heterocycles. The molecule has 2 saturated heterocycles. The highest BCUT2D eigenvalue weighted by Crippen LogP contribution is 2.38. The molecule has 2 aromatic rings. The van der Waals surface area contributed by atoms with Gasteiger partial charge in [0.1, 0.15) is 0 Å². The minimum absolute atomic E-state index is 0.0951. The first-order chi connectivity index (χ1) is 16.6. The van der Waals surface area contributed by atoms with Gasteiger partial charge in [-0.1, -0.05) is 24.3 Å². The smallest absolute Gasteiger partial charge is 0.411 e. The third-order valence-electron chi connectivity index (χ3n) is 7.31. The predicted octanol–water partition coefficient (Wildman–Crippen LogP) is 4.19. The minimum Gasteiger partial charge on any atom is -0.450 e. The molecular formula is C27H34N4O3. The van der Waals surface area contributed by atoms with Crippen LogP contribution in [0.15, 0.2) is 42.5 Å². The van der Waals surface area contributed by atoms with Crippen LogP contribution in [0.1, 0.15) is 37.3 Å². The average molecular weight is 463 g/mol. The number of fused-ring (bicyclic) bond motifs is 3. The highest BCUT2D eigenvalue weighted by Gasteiger charge is 2.31. The van der Waals surface area contributed by atoms with Crippen molar-refractivity contribution < 1.29 is 14.3 Å². The lowest BCUT2D eigenvalue weighted by molar-refractivity contribution is -0.118. The predicted molar refractivity (Wildman–Crippen MR) is 134 cm³/mol. The molecule has 180 valence electrons. The molecule has 3 aliphatic heterocycles. The molecule has 7 heteroatoms. The van der Waals surface area contributed by atoms with Crippen molar-refractivity contribution in [3.63, 3.8) is 0 Å². The lowest BCUT2D eigenvalue weighted by Crippen LogP contribution is -2.50. The van der Waals surface area contributed by atoms with E-state index in [-0.39, 0.29) is 5.91 Å². The van der Waals surface area contributed by atoms with Crippen LogP contribution in [0.5, 0.6) is 0 Å². The van der Waals surface area contributed by atoms with Gasteiger partial charge in [0.2, 0.25) is 5.91 Å². The van der Waals surface area contributed by atoms with E-state index >= 15 is 0 Å². The first-order valence-electron chi connectivity index (χ1n) is 12.6. The number of hydrogen-bond acceptors (Lipinski definition) is 5. The standard InChI is InChI=1S/C27H34N4O3/c1-2-34-27(33)28-22-12-11-21-10-9-20-6-3-4-8-24(20)31(25(21)18-22)26(32)13-15-29-16-17-30-14-5-7-23(30)19-29/h3-4,6,8,11-12,18,23H,2,5,7,9-10,13-17,19H2,1H3,(H,28,33)/t23-/m1/s1. The number of rotatable bonds is 5. The van der Waals surface area contributed by atoms with E-state index in [1.165, 1.54) is 24.9 Å². The Hall–Kier alpha value is -2.90. The molecule has 7 nitrogen and oxygen atoms in total. The number of piperazine rings is 1. The second-order valence-electron chi connectivity index (χ2n) is 9.43. The molecule has 2 fully saturated rings. The zero-order valence-corrected chi connectivity index (χ0v) is 20.0. The Morgan fingerprint density at radius 3 is 2.71 bits per heavy atom. The molecule has 2 aromatic carbocycles. The molecule has 3 aliphatic rings. The van der Waals surface area contributed by atoms with Gasteiger partial charge in [-0.15, -0.1) is 0 Å². The highest BCUT2D eigenvalue weighted by atomic mass is 16.5. The number of carbonyl (C=O) groups is 2. The van der Waals surface area contributed by atoms with Crippen LogP contribution in [0.4, 0.5) is 21.9 Å². The zero-order chi connectivity index (χ0) is 23.5. The molecule has 0 bridgehead atoms. The monoisotopic (exact) mass is 462 g/mol. The van der Waals surface area contributed by atoms with Crippen molar-refractivity contribution in [3.05, 3.63) is 53.6 Å². The molecule has 0 spiro atoms. The van der Waals surface area contributed by atoms with Crippen LogP contribution in [0.3, 0.4) is 0 Å². The van der Waals surface area contributed by atoms with Crippen LogP contribution >= 0.6 is 0 Å². The van der Waals surface area contributed by atoms with E-state index in [9.17, 15) is 9.59 Å². The number of benzene rings is 2. The zero-order valence-electron chi connectivity index (χ0n) is 20.0. The Balaban J connectivity index is 1.38. The Kier molecular flexibility index (Phi) is 6.83. The number of hydrogen-bond donors (Lipinski definition) is 1. The van der Waals surface area contributed by atoms with E-state index in [0.717, 1.165) is 56.0 Å². The maximum Gasteiger partial charge on any atom is 0.411 e. The molecule has 2 amide bonds. The lowest BCUT2D eigenvalue weighted by atomic mass is 10.0. The summed E-state index contributed by atoms with van der Waals surface area (Å²) in [6.45, 7) is 7.29. The van der Waals surface area contributed by atoms with Crippen molar-refractivity contribution in [2.24, 2.45) is 0 Å². The van der Waals surface area contributed by atoms with Crippen molar-refractivity contribution >= 4 is 29.1 Å². The number of ether oxygens (including phenoxy) is 1. The van der Waals surface area contributed by atoms with Gasteiger partial charge in [-0.3, -0.25) is 24.8 Å². The van der Waals surface area contributed by atoms with Crippen molar-refractivity contribution in [2.45, 2.75) is 45.1 Å². The normalized spacial score (nSPS) is 20.1. The molecule has 1 atom stereocenters. The number of carbonyl (C=O) groups excluding carboxylic acids is 2. The van der Waals surface area contributed by atoms with Gasteiger partial charge in [0.05, 0.1) is 18.0 Å². The Morgan fingerprint density at radius 1 is 1.03 bits per heavy atom. The average Bonchev–Trinajstić information content (AvgIpc) is 3.24. The number of anilines is 3. The molecule has 34 heavy (non-hydrogen) atoms. The van der Waals surface area contributed by atoms with Crippen LogP contribution in [-0.2, 0) is 22.4 Å². The van der Waals surface area contributed by atoms with Gasteiger partial charge < -0.3 is 4.74 Å². The van der Waals surface area contributed by atoms with Gasteiger partial charge in [-0.25, -0.2) is 4.79 Å². The lowest BCUT2D eigenvalue weighted by Gasteiger charge is -2.37. The van der Waals surface area contributed by atoms with Crippen molar-refractivity contribution in [1.82, 2.24) is 9.80 Å². The van der Waals surface area contributed by atoms with E-state index < -0.39 is 6.09 Å². The topological polar surface area (TPSA) is 65.1 Å². The summed E-state index contributed by atoms with van der Waals surface area (Å²) < 4.78 is 5.04. The summed E-state index contributed by atoms with van der Waals surface area (Å²) >= 11 is 0. The first-order valence-corrected chi connectivity index (χ1v) is 12.6. The Bertz CT molecular complexity index is 1060. The number of nitrogens with one attached hydrogen (secondary N) is 1. The first kappa shape index (κ1) is 22.9. The molecule has 0 unspecified atom stereocenters. The van der Waals surface area contributed by atoms with Crippen molar-refractivity contribution in [1.29, 1.82) is 0 Å². The van der Waals surface area contributed by atoms with Gasteiger partial charge in [0.15, 0.2) is 0 Å². The van der Waals surface area contributed by atoms with Gasteiger partial charge in [-0.2, -0.15) is 0 Å². The van der Waals surface area contributed by atoms with Crippen LogP contribution in [0.2, 0.25) is 0 Å². The Morgan fingerprint density at radius 2 is 1.85 bits per heavy atom. The maximum atomic E-state index is 13.8. The van der Waals surface area contributed by atoms with Crippen molar-refractivity contribution in [2.75, 3.05) is 49.5 Å². The van der Waals surface area contributed by atoms with Crippen LogP contribution in [0.25, 0.3) is 0 Å². The fourth-order valence-corrected chi connectivity index (χ4v) is 5.58. The van der Waals surface area contributed by atoms with Gasteiger partial charge in [-0.05, 0) is 68.5 Å². The minimum atomic E-state index is -0.486. The fourth-order valence-electron chi connectivity index (χ4n) is 5.58. The number of nitrogens with zero attached hydrogens (tertiary/aromatic N) is 3. The highest BCUT2D eigenvalue weighted by molar-refractivity contribution is 6.03. The Labute approximate surface area is 201 Å². The molecule has 3 heterocycles. The summed E-state index contributed by atoms with van der Waals surface area (Å²) in [6, 6.07) is 14.6. The van der Waals surface area contributed by atoms with Crippen molar-refractivity contribution in [3.8, 4) is 0 Å². The largest absolute Gasteiger partial charge is 0.450 e. The SMILES string of the molecule is CCOC(=O)Nc1ccc2c(c1)N(C(=O)CCN1CCN3CCC[C@@H]3C1)c1ccccc1CC2. The molecule has 0 aliphatic carbocycles. The van der Waals surface area contributed by atoms with Gasteiger partial charge >= 0.3 is 6.09 Å². The van der Waals surface area contributed by atoms with Crippen LogP contribution < -0.4 is 10.2 Å². The summed E-state index contributed by atoms with van der Waals surface area (Å²) in [5.74, 6) is 0.0951. The summed E-state index contributed by atoms with van der Waals surface area (Å²) in [5, 5.41) is 2.79. The third-order valence-corrected chi connectivity index (χ3v) is 7.31. The molecular weight excluding hydrogens is 428 g/mol. The van der Waals surface area contributed by atoms with E-state index in [1.54, 1.807) is 6.92 Å². The number of para-hydroxylation sites is 1. The quantitative estimate of drug-likeness (QED) is 0.722. The molecule has 0 radical (unpaired) electrons. The number of aryl methyl sites for hydroxylation is 2. The number of amides is 2. The maximum absolute atomic E-state index is 13.8. The second kappa shape index (κ2) is 10.2.